The molecule has 2 aromatic rings. The highest BCUT2D eigenvalue weighted by molar-refractivity contribution is 8.18. The second-order valence-electron chi connectivity index (χ2n) is 4.82. The van der Waals surface area contributed by atoms with Gasteiger partial charge in [-0.15, -0.1) is 11.3 Å². The summed E-state index contributed by atoms with van der Waals surface area (Å²) in [4.78, 5) is 23.1. The average molecular weight is 357 g/mol. The first-order valence-corrected chi connectivity index (χ1v) is 8.87. The Morgan fingerprint density at radius 3 is 3.00 bits per heavy atom. The molecule has 1 amide bonds. The molecule has 1 aliphatic rings. The predicted molar refractivity (Wildman–Crippen MR) is 99.7 cm³/mol. The molecule has 0 N–H and O–H groups in total. The molecule has 1 aliphatic heterocycles. The van der Waals surface area contributed by atoms with E-state index in [9.17, 15) is 4.79 Å². The fourth-order valence-electron chi connectivity index (χ4n) is 2.03. The predicted octanol–water partition coefficient (Wildman–Crippen LogP) is 3.94. The topological polar surface area (TPSA) is 54.8 Å². The Hall–Kier alpha value is -2.38. The molecule has 0 saturated carbocycles. The number of likely N-dealkylation sites (N-methyl/N-ethyl adjacent to an activating group) is 1. The summed E-state index contributed by atoms with van der Waals surface area (Å²) in [7, 11) is 1.71. The summed E-state index contributed by atoms with van der Waals surface area (Å²) in [6.07, 6.45) is 5.20. The number of carbonyl (C=O) groups excluding carboxylic acids is 1. The van der Waals surface area contributed by atoms with Gasteiger partial charge in [0.25, 0.3) is 5.91 Å². The summed E-state index contributed by atoms with van der Waals surface area (Å²) in [5.41, 5.74) is 0.846. The van der Waals surface area contributed by atoms with Crippen molar-refractivity contribution in [2.75, 3.05) is 13.7 Å². The van der Waals surface area contributed by atoms with E-state index in [2.05, 4.69) is 16.6 Å². The van der Waals surface area contributed by atoms with Gasteiger partial charge in [0.05, 0.1) is 4.91 Å². The van der Waals surface area contributed by atoms with Gasteiger partial charge in [-0.25, -0.2) is 4.98 Å². The summed E-state index contributed by atoms with van der Waals surface area (Å²) in [5, 5.41) is 3.10. The quantitative estimate of drug-likeness (QED) is 0.601. The highest BCUT2D eigenvalue weighted by atomic mass is 32.2. The van der Waals surface area contributed by atoms with Crippen LogP contribution in [0.1, 0.15) is 5.56 Å². The van der Waals surface area contributed by atoms with Crippen molar-refractivity contribution in [3.63, 3.8) is 0 Å². The van der Waals surface area contributed by atoms with Crippen LogP contribution in [0.2, 0.25) is 0 Å². The normalized spacial score (nSPS) is 17.7. The molecule has 3 rings (SSSR count). The lowest BCUT2D eigenvalue weighted by molar-refractivity contribution is -0.121. The van der Waals surface area contributed by atoms with E-state index in [-0.39, 0.29) is 5.91 Å². The van der Waals surface area contributed by atoms with Gasteiger partial charge in [-0.1, -0.05) is 30.9 Å². The Morgan fingerprint density at radius 2 is 2.25 bits per heavy atom. The molecule has 0 aliphatic carbocycles. The van der Waals surface area contributed by atoms with Gasteiger partial charge in [-0.2, -0.15) is 4.99 Å². The highest BCUT2D eigenvalue weighted by Gasteiger charge is 2.30. The number of ether oxygens (including phenoxy) is 1. The van der Waals surface area contributed by atoms with Crippen LogP contribution in [0, 0.1) is 0 Å². The average Bonchev–Trinajstić information content (AvgIpc) is 3.19. The van der Waals surface area contributed by atoms with E-state index in [1.165, 1.54) is 28.0 Å². The standard InChI is InChI=1S/C17H15N3O2S2/c1-3-9-22-13-7-5-4-6-12(13)11-14-15(21)20(2)17(24-14)19-16-18-8-10-23-16/h3-8,10-11H,1,9H2,2H3/b14-11-,19-17+. The van der Waals surface area contributed by atoms with Gasteiger partial charge in [-0.3, -0.25) is 9.69 Å². The van der Waals surface area contributed by atoms with Gasteiger partial charge >= 0.3 is 0 Å². The number of amides is 1. The molecule has 1 aromatic carbocycles. The summed E-state index contributed by atoms with van der Waals surface area (Å²) in [5.74, 6) is 0.625. The number of nitrogens with zero attached hydrogens (tertiary/aromatic N) is 3. The van der Waals surface area contributed by atoms with Crippen molar-refractivity contribution in [3.05, 3.63) is 59.0 Å². The number of amidine groups is 1. The zero-order chi connectivity index (χ0) is 16.9. The zero-order valence-corrected chi connectivity index (χ0v) is 14.6. The van der Waals surface area contributed by atoms with Crippen molar-refractivity contribution < 1.29 is 9.53 Å². The lowest BCUT2D eigenvalue weighted by Gasteiger charge is -2.07. The molecule has 1 saturated heterocycles. The first-order valence-electron chi connectivity index (χ1n) is 7.17. The number of aromatic nitrogens is 1. The maximum atomic E-state index is 12.5. The second-order valence-corrected chi connectivity index (χ2v) is 6.70. The monoisotopic (exact) mass is 357 g/mol. The Kier molecular flexibility index (Phi) is 5.12. The summed E-state index contributed by atoms with van der Waals surface area (Å²) in [6.45, 7) is 4.06. The SMILES string of the molecule is C=CCOc1ccccc1/C=C1\S/C(=N/c2nccs2)N(C)C1=O. The Balaban J connectivity index is 1.89. The Labute approximate surface area is 148 Å². The molecule has 0 radical (unpaired) electrons. The lowest BCUT2D eigenvalue weighted by atomic mass is 10.2. The number of rotatable bonds is 5. The van der Waals surface area contributed by atoms with E-state index in [1.807, 2.05) is 35.7 Å². The van der Waals surface area contributed by atoms with E-state index in [0.29, 0.717) is 27.6 Å². The molecule has 2 heterocycles. The minimum absolute atomic E-state index is 0.0890. The molecule has 122 valence electrons. The van der Waals surface area contributed by atoms with Gasteiger partial charge in [0, 0.05) is 24.2 Å². The van der Waals surface area contributed by atoms with Crippen LogP contribution in [0.25, 0.3) is 6.08 Å². The van der Waals surface area contributed by atoms with Crippen molar-refractivity contribution >= 4 is 45.4 Å². The van der Waals surface area contributed by atoms with Gasteiger partial charge < -0.3 is 4.74 Å². The third-order valence-electron chi connectivity index (χ3n) is 3.18. The van der Waals surface area contributed by atoms with E-state index in [1.54, 1.807) is 19.3 Å². The van der Waals surface area contributed by atoms with E-state index in [4.69, 9.17) is 4.74 Å². The van der Waals surface area contributed by atoms with Crippen molar-refractivity contribution in [1.82, 2.24) is 9.88 Å². The van der Waals surface area contributed by atoms with Gasteiger partial charge in [-0.05, 0) is 23.9 Å². The minimum Gasteiger partial charge on any atom is -0.489 e. The van der Waals surface area contributed by atoms with E-state index < -0.39 is 0 Å². The number of carbonyl (C=O) groups is 1. The molecule has 0 bridgehead atoms. The molecule has 0 atom stereocenters. The van der Waals surface area contributed by atoms with Gasteiger partial charge in [0.2, 0.25) is 5.13 Å². The fourth-order valence-corrected chi connectivity index (χ4v) is 3.55. The maximum absolute atomic E-state index is 12.5. The third-order valence-corrected chi connectivity index (χ3v) is 4.90. The number of para-hydroxylation sites is 1. The largest absolute Gasteiger partial charge is 0.489 e. The first-order chi connectivity index (χ1) is 11.7. The summed E-state index contributed by atoms with van der Waals surface area (Å²) < 4.78 is 5.64. The Morgan fingerprint density at radius 1 is 1.42 bits per heavy atom. The number of thioether (sulfide) groups is 1. The van der Waals surface area contributed by atoms with Crippen molar-refractivity contribution in [2.45, 2.75) is 0 Å². The van der Waals surface area contributed by atoms with Crippen LogP contribution in [0.5, 0.6) is 5.75 Å². The van der Waals surface area contributed by atoms with Crippen LogP contribution >= 0.6 is 23.1 Å². The van der Waals surface area contributed by atoms with E-state index in [0.717, 1.165) is 5.56 Å². The second kappa shape index (κ2) is 7.46. The van der Waals surface area contributed by atoms with Crippen LogP contribution in [-0.2, 0) is 4.79 Å². The van der Waals surface area contributed by atoms with Crippen molar-refractivity contribution in [2.24, 2.45) is 4.99 Å². The van der Waals surface area contributed by atoms with Crippen LogP contribution in [0.15, 0.2) is 58.4 Å². The highest BCUT2D eigenvalue weighted by Crippen LogP contribution is 2.34. The molecule has 5 nitrogen and oxygen atoms in total. The molecule has 7 heteroatoms. The maximum Gasteiger partial charge on any atom is 0.266 e. The van der Waals surface area contributed by atoms with Gasteiger partial charge in [0.15, 0.2) is 5.17 Å². The number of benzene rings is 1. The van der Waals surface area contributed by atoms with Crippen LogP contribution in [-0.4, -0.2) is 34.6 Å². The minimum atomic E-state index is -0.0890. The zero-order valence-electron chi connectivity index (χ0n) is 13.0. The van der Waals surface area contributed by atoms with Gasteiger partial charge in [0.1, 0.15) is 12.4 Å². The molecular weight excluding hydrogens is 342 g/mol. The number of aliphatic imine (C=N–C) groups is 1. The first kappa shape index (κ1) is 16.5. The van der Waals surface area contributed by atoms with Crippen molar-refractivity contribution in [1.29, 1.82) is 0 Å². The Bertz CT molecular complexity index is 813. The molecule has 24 heavy (non-hydrogen) atoms. The molecule has 0 unspecified atom stereocenters. The number of hydrogen-bond acceptors (Lipinski definition) is 6. The lowest BCUT2D eigenvalue weighted by Crippen LogP contribution is -2.23. The summed E-state index contributed by atoms with van der Waals surface area (Å²) in [6, 6.07) is 7.58. The molecular formula is C17H15N3O2S2. The fraction of sp³-hybridized carbons (Fsp3) is 0.118. The van der Waals surface area contributed by atoms with Crippen LogP contribution in [0.3, 0.4) is 0 Å². The van der Waals surface area contributed by atoms with Crippen molar-refractivity contribution in [3.8, 4) is 5.75 Å². The summed E-state index contributed by atoms with van der Waals surface area (Å²) >= 11 is 2.76. The molecule has 0 spiro atoms. The van der Waals surface area contributed by atoms with Crippen LogP contribution in [0.4, 0.5) is 5.13 Å². The molecule has 1 fully saturated rings. The number of hydrogen-bond donors (Lipinski definition) is 0. The third kappa shape index (κ3) is 3.58. The van der Waals surface area contributed by atoms with Crippen LogP contribution < -0.4 is 4.74 Å². The van der Waals surface area contributed by atoms with E-state index >= 15 is 0 Å². The number of thiazole rings is 1. The molecule has 1 aromatic heterocycles. The smallest absolute Gasteiger partial charge is 0.266 e.